The van der Waals surface area contributed by atoms with E-state index in [0.29, 0.717) is 0 Å². The lowest BCUT2D eigenvalue weighted by Crippen LogP contribution is -2.60. The summed E-state index contributed by atoms with van der Waals surface area (Å²) >= 11 is 5.74. The fraction of sp³-hybridized carbons (Fsp3) is 0.138. The van der Waals surface area contributed by atoms with Crippen molar-refractivity contribution in [3.63, 3.8) is 0 Å². The average Bonchev–Trinajstić information content (AvgIpc) is 4.06. The first-order valence-electron chi connectivity index (χ1n) is 22.4. The van der Waals surface area contributed by atoms with E-state index >= 15 is 0 Å². The number of fused-ring (bicyclic) bond motifs is 15. The number of hydrogen-bond acceptors (Lipinski definition) is 4. The zero-order chi connectivity index (χ0) is 43.0. The fourth-order valence-corrected chi connectivity index (χ4v) is 14.3. The van der Waals surface area contributed by atoms with E-state index in [0.717, 1.165) is 0 Å². The van der Waals surface area contributed by atoms with Crippen LogP contribution in [0.3, 0.4) is 0 Å². The molecule has 306 valence electrons. The van der Waals surface area contributed by atoms with E-state index < -0.39 is 0 Å². The normalized spacial score (nSPS) is 13.7. The van der Waals surface area contributed by atoms with Crippen LogP contribution in [0.4, 0.5) is 11.4 Å². The van der Waals surface area contributed by atoms with E-state index in [4.69, 9.17) is 0 Å². The van der Waals surface area contributed by atoms with E-state index in [1.807, 2.05) is 34.0 Å². The molecule has 0 radical (unpaired) electrons. The highest BCUT2D eigenvalue weighted by Gasteiger charge is 2.44. The van der Waals surface area contributed by atoms with Gasteiger partial charge in [0.1, 0.15) is 0 Å². The van der Waals surface area contributed by atoms with Gasteiger partial charge in [0.25, 0.3) is 0 Å². The van der Waals surface area contributed by atoms with Crippen molar-refractivity contribution in [2.75, 3.05) is 4.81 Å². The lowest BCUT2D eigenvalue weighted by atomic mass is 9.44. The Morgan fingerprint density at radius 3 is 1.94 bits per heavy atom. The van der Waals surface area contributed by atoms with Gasteiger partial charge in [-0.2, -0.15) is 0 Å². The Hall–Kier alpha value is -6.18. The molecular weight excluding hydrogens is 832 g/mol. The Morgan fingerprint density at radius 2 is 1.14 bits per heavy atom. The first kappa shape index (κ1) is 37.2. The molecule has 14 rings (SSSR count). The van der Waals surface area contributed by atoms with E-state index in [9.17, 15) is 0 Å². The minimum absolute atomic E-state index is 0.0464. The Morgan fingerprint density at radius 1 is 0.453 bits per heavy atom. The zero-order valence-electron chi connectivity index (χ0n) is 36.6. The van der Waals surface area contributed by atoms with Gasteiger partial charge in [0.05, 0.1) is 11.0 Å². The largest absolute Gasteiger partial charge is 0.376 e. The van der Waals surface area contributed by atoms with Crippen molar-refractivity contribution in [1.29, 1.82) is 0 Å². The van der Waals surface area contributed by atoms with Crippen molar-refractivity contribution in [3.05, 3.63) is 163 Å². The topological polar surface area (TPSA) is 8.17 Å². The summed E-state index contributed by atoms with van der Waals surface area (Å²) in [5.41, 5.74) is 15.8. The van der Waals surface area contributed by atoms with Crippen LogP contribution < -0.4 is 15.7 Å². The van der Waals surface area contributed by atoms with Crippen molar-refractivity contribution in [2.45, 2.75) is 52.4 Å². The summed E-state index contributed by atoms with van der Waals surface area (Å²) in [6, 6.07) is 58.9. The summed E-state index contributed by atoms with van der Waals surface area (Å²) in [6.45, 7) is 13.9. The third kappa shape index (κ3) is 5.13. The number of nitrogens with zero attached hydrogens (tertiary/aromatic N) is 2. The van der Waals surface area contributed by atoms with Crippen molar-refractivity contribution in [1.82, 2.24) is 4.57 Å². The van der Waals surface area contributed by atoms with Crippen LogP contribution in [0.15, 0.2) is 152 Å². The van der Waals surface area contributed by atoms with Gasteiger partial charge in [0.2, 0.25) is 0 Å². The summed E-state index contributed by atoms with van der Waals surface area (Å²) in [5.74, 6) is 0. The van der Waals surface area contributed by atoms with Gasteiger partial charge in [-0.3, -0.25) is 0 Å². The zero-order valence-corrected chi connectivity index (χ0v) is 39.1. The van der Waals surface area contributed by atoms with Crippen LogP contribution in [0.2, 0.25) is 0 Å². The molecule has 0 unspecified atom stereocenters. The van der Waals surface area contributed by atoms with Gasteiger partial charge in [-0.05, 0) is 116 Å². The molecule has 0 aliphatic carbocycles. The second kappa shape index (κ2) is 12.8. The minimum Gasteiger partial charge on any atom is -0.376 e. The molecule has 2 aliphatic heterocycles. The van der Waals surface area contributed by atoms with Crippen molar-refractivity contribution in [3.8, 4) is 27.3 Å². The first-order chi connectivity index (χ1) is 31.0. The standard InChI is InChI=1S/C58H43BN2S3/c1-57(2,3)34-16-19-36(20-17-34)61-47-30-54-44(42-26-35(58(4,5)6)18-23-50(42)63-54)27-40(47)38-21-22-39-41-28-43-37-14-10-11-15-49(37)62-53(43)29-46(41)60-48-31-52-33(24-45(48)59(61)55(38)56(39)60)25-51(64-52)32-12-8-7-9-13-32/h7-31H,1-6H3. The molecule has 0 amide bonds. The molecule has 6 heterocycles. The number of benzene rings is 8. The van der Waals surface area contributed by atoms with E-state index in [-0.39, 0.29) is 17.7 Å². The summed E-state index contributed by atoms with van der Waals surface area (Å²) in [6.07, 6.45) is 0. The third-order valence-corrected chi connectivity index (χ3v) is 17.7. The molecular formula is C58H43BN2S3. The Kier molecular flexibility index (Phi) is 7.42. The predicted octanol–water partition coefficient (Wildman–Crippen LogP) is 16.2. The molecule has 64 heavy (non-hydrogen) atoms. The van der Waals surface area contributed by atoms with Crippen molar-refractivity contribution in [2.24, 2.45) is 0 Å². The second-order valence-electron chi connectivity index (χ2n) is 20.1. The maximum Gasteiger partial charge on any atom is 0.333 e. The monoisotopic (exact) mass is 874 g/mol. The number of rotatable bonds is 2. The number of hydrogen-bond donors (Lipinski definition) is 0. The molecule has 4 aromatic heterocycles. The van der Waals surface area contributed by atoms with Gasteiger partial charge in [-0.25, -0.2) is 0 Å². The molecule has 0 saturated carbocycles. The molecule has 0 atom stereocenters. The van der Waals surface area contributed by atoms with Crippen LogP contribution in [0, 0.1) is 0 Å². The van der Waals surface area contributed by atoms with E-state index in [1.54, 1.807) is 0 Å². The molecule has 12 aromatic rings. The highest BCUT2D eigenvalue weighted by molar-refractivity contribution is 7.26. The quantitative estimate of drug-likeness (QED) is 0.157. The Balaban J connectivity index is 1.13. The van der Waals surface area contributed by atoms with Crippen LogP contribution in [0.25, 0.3) is 99.5 Å². The predicted molar refractivity (Wildman–Crippen MR) is 284 cm³/mol. The molecule has 0 fully saturated rings. The lowest BCUT2D eigenvalue weighted by Gasteiger charge is -2.42. The molecule has 0 N–H and O–H groups in total. The lowest BCUT2D eigenvalue weighted by molar-refractivity contribution is 0.590. The van der Waals surface area contributed by atoms with Crippen molar-refractivity contribution < 1.29 is 0 Å². The SMILES string of the molecule is CC(C)(C)c1ccc(N2B3c4cc5cc(-c6ccccc6)sc5cc4-n4c5cc6sc7ccccc7c6cc5c5ccc(c3c54)-c3cc4c(cc32)sc2ccc(C(C)(C)C)cc24)cc1. The van der Waals surface area contributed by atoms with Crippen LogP contribution >= 0.6 is 34.0 Å². The minimum atomic E-state index is -0.0516. The fourth-order valence-electron chi connectivity index (χ4n) is 11.0. The van der Waals surface area contributed by atoms with Crippen molar-refractivity contribution >= 4 is 135 Å². The first-order valence-corrected chi connectivity index (χ1v) is 24.9. The van der Waals surface area contributed by atoms with Gasteiger partial charge in [0, 0.05) is 83.3 Å². The number of aromatic nitrogens is 1. The van der Waals surface area contributed by atoms with Gasteiger partial charge < -0.3 is 9.38 Å². The molecule has 2 aliphatic rings. The van der Waals surface area contributed by atoms with Gasteiger partial charge in [-0.1, -0.05) is 126 Å². The Bertz CT molecular complexity index is 3980. The van der Waals surface area contributed by atoms with E-state index in [1.165, 1.54) is 133 Å². The van der Waals surface area contributed by atoms with Crippen LogP contribution in [0.5, 0.6) is 0 Å². The number of thiophene rings is 3. The maximum atomic E-state index is 2.70. The maximum absolute atomic E-state index is 2.70. The van der Waals surface area contributed by atoms with Gasteiger partial charge in [-0.15, -0.1) is 34.0 Å². The van der Waals surface area contributed by atoms with Gasteiger partial charge >= 0.3 is 6.85 Å². The smallest absolute Gasteiger partial charge is 0.333 e. The highest BCUT2D eigenvalue weighted by Crippen LogP contribution is 2.50. The average molecular weight is 875 g/mol. The molecule has 0 saturated heterocycles. The molecule has 0 spiro atoms. The van der Waals surface area contributed by atoms with E-state index in [2.05, 4.69) is 203 Å². The summed E-state index contributed by atoms with van der Waals surface area (Å²) < 4.78 is 9.32. The Labute approximate surface area is 384 Å². The molecule has 8 aromatic carbocycles. The highest BCUT2D eigenvalue weighted by atomic mass is 32.1. The molecule has 2 nitrogen and oxygen atoms in total. The van der Waals surface area contributed by atoms with Crippen LogP contribution in [0.1, 0.15) is 52.7 Å². The number of anilines is 2. The van der Waals surface area contributed by atoms with Crippen LogP contribution in [-0.2, 0) is 10.8 Å². The van der Waals surface area contributed by atoms with Crippen LogP contribution in [-0.4, -0.2) is 11.4 Å². The summed E-state index contributed by atoms with van der Waals surface area (Å²) in [7, 11) is 0. The summed E-state index contributed by atoms with van der Waals surface area (Å²) in [5, 5.41) is 9.31. The second-order valence-corrected chi connectivity index (χ2v) is 23.4. The third-order valence-electron chi connectivity index (χ3n) is 14.3. The van der Waals surface area contributed by atoms with Gasteiger partial charge in [0.15, 0.2) is 0 Å². The summed E-state index contributed by atoms with van der Waals surface area (Å²) in [4.78, 5) is 4.01. The molecule has 0 bridgehead atoms. The molecule has 6 heteroatoms.